The molecule has 0 amide bonds. The number of thiazole rings is 1. The minimum atomic E-state index is 0.162. The third-order valence-electron chi connectivity index (χ3n) is 4.10. The summed E-state index contributed by atoms with van der Waals surface area (Å²) < 4.78 is 5.08. The van der Waals surface area contributed by atoms with E-state index in [-0.39, 0.29) is 11.8 Å². The van der Waals surface area contributed by atoms with Crippen molar-refractivity contribution in [3.8, 4) is 22.1 Å². The van der Waals surface area contributed by atoms with Crippen LogP contribution in [-0.2, 0) is 6.54 Å². The second kappa shape index (κ2) is 7.68. The smallest absolute Gasteiger partial charge is 0.160 e. The molecule has 5 heteroatoms. The highest BCUT2D eigenvalue weighted by Gasteiger charge is 2.15. The number of hydrogen-bond acceptors (Lipinski definition) is 5. The van der Waals surface area contributed by atoms with Crippen LogP contribution >= 0.6 is 11.3 Å². The lowest BCUT2D eigenvalue weighted by molar-refractivity contribution is 0.373. The van der Waals surface area contributed by atoms with Crippen molar-refractivity contribution in [1.82, 2.24) is 10.3 Å². The van der Waals surface area contributed by atoms with E-state index in [9.17, 15) is 5.11 Å². The number of ether oxygens (including phenoxy) is 1. The number of phenols is 1. The van der Waals surface area contributed by atoms with Gasteiger partial charge < -0.3 is 15.2 Å². The molecule has 1 atom stereocenters. The Morgan fingerprint density at radius 3 is 2.64 bits per heavy atom. The lowest BCUT2D eigenvalue weighted by Gasteiger charge is -2.13. The van der Waals surface area contributed by atoms with Gasteiger partial charge in [-0.25, -0.2) is 4.98 Å². The zero-order valence-electron chi connectivity index (χ0n) is 14.6. The van der Waals surface area contributed by atoms with Crippen molar-refractivity contribution in [3.05, 3.63) is 64.7 Å². The van der Waals surface area contributed by atoms with Crippen LogP contribution in [0, 0.1) is 6.92 Å². The van der Waals surface area contributed by atoms with Crippen LogP contribution in [0.5, 0.6) is 11.5 Å². The molecule has 0 bridgehead atoms. The van der Waals surface area contributed by atoms with Gasteiger partial charge in [-0.15, -0.1) is 11.3 Å². The maximum atomic E-state index is 9.89. The molecular weight excluding hydrogens is 332 g/mol. The van der Waals surface area contributed by atoms with Crippen molar-refractivity contribution in [2.45, 2.75) is 26.4 Å². The van der Waals surface area contributed by atoms with Crippen molar-refractivity contribution in [3.63, 3.8) is 0 Å². The summed E-state index contributed by atoms with van der Waals surface area (Å²) in [5, 5.41) is 14.4. The highest BCUT2D eigenvalue weighted by Crippen LogP contribution is 2.32. The summed E-state index contributed by atoms with van der Waals surface area (Å²) in [6.45, 7) is 4.85. The molecule has 0 aliphatic heterocycles. The van der Waals surface area contributed by atoms with E-state index in [0.29, 0.717) is 12.3 Å². The Labute approximate surface area is 152 Å². The molecule has 1 heterocycles. The molecule has 1 aromatic heterocycles. The molecule has 0 aliphatic carbocycles. The minimum absolute atomic E-state index is 0.162. The number of nitrogens with zero attached hydrogens (tertiary/aromatic N) is 1. The van der Waals surface area contributed by atoms with E-state index >= 15 is 0 Å². The molecule has 3 aromatic rings. The van der Waals surface area contributed by atoms with Gasteiger partial charge in [0.25, 0.3) is 0 Å². The van der Waals surface area contributed by atoms with Gasteiger partial charge in [-0.2, -0.15) is 0 Å². The highest BCUT2D eigenvalue weighted by atomic mass is 32.1. The van der Waals surface area contributed by atoms with Crippen LogP contribution in [0.3, 0.4) is 0 Å². The SMILES string of the molecule is COc1ccc(CNC(C)c2sc(-c3ccccc3)nc2C)cc1O. The molecular formula is C20H22N2O2S. The van der Waals surface area contributed by atoms with Crippen LogP contribution in [0.1, 0.15) is 29.1 Å². The number of phenolic OH excluding ortho intramolecular Hbond substituents is 1. The van der Waals surface area contributed by atoms with Crippen molar-refractivity contribution in [2.75, 3.05) is 7.11 Å². The number of rotatable bonds is 6. The number of nitrogens with one attached hydrogen (secondary N) is 1. The first-order valence-electron chi connectivity index (χ1n) is 8.20. The summed E-state index contributed by atoms with van der Waals surface area (Å²) in [7, 11) is 1.55. The van der Waals surface area contributed by atoms with Crippen molar-refractivity contribution in [1.29, 1.82) is 0 Å². The third-order valence-corrected chi connectivity index (χ3v) is 5.49. The summed E-state index contributed by atoms with van der Waals surface area (Å²) in [6.07, 6.45) is 0. The summed E-state index contributed by atoms with van der Waals surface area (Å²) in [5.74, 6) is 0.650. The lowest BCUT2D eigenvalue weighted by atomic mass is 10.1. The summed E-state index contributed by atoms with van der Waals surface area (Å²) >= 11 is 1.72. The van der Waals surface area contributed by atoms with Gasteiger partial charge in [-0.3, -0.25) is 0 Å². The second-order valence-corrected chi connectivity index (χ2v) is 6.97. The molecule has 0 aliphatic rings. The molecule has 0 saturated carbocycles. The topological polar surface area (TPSA) is 54.4 Å². The maximum Gasteiger partial charge on any atom is 0.160 e. The minimum Gasteiger partial charge on any atom is -0.504 e. The van der Waals surface area contributed by atoms with Crippen LogP contribution in [0.2, 0.25) is 0 Å². The lowest BCUT2D eigenvalue weighted by Crippen LogP contribution is -2.17. The second-order valence-electron chi connectivity index (χ2n) is 5.94. The Morgan fingerprint density at radius 2 is 1.96 bits per heavy atom. The zero-order valence-corrected chi connectivity index (χ0v) is 15.4. The van der Waals surface area contributed by atoms with Crippen LogP contribution in [-0.4, -0.2) is 17.2 Å². The molecule has 2 N–H and O–H groups in total. The first kappa shape index (κ1) is 17.5. The number of aromatic nitrogens is 1. The van der Waals surface area contributed by atoms with E-state index in [0.717, 1.165) is 21.8 Å². The Morgan fingerprint density at radius 1 is 1.20 bits per heavy atom. The monoisotopic (exact) mass is 354 g/mol. The molecule has 1 unspecified atom stereocenters. The molecule has 0 spiro atoms. The van der Waals surface area contributed by atoms with E-state index in [4.69, 9.17) is 9.72 Å². The summed E-state index contributed by atoms with van der Waals surface area (Å²) in [6, 6.07) is 15.9. The van der Waals surface area contributed by atoms with Gasteiger partial charge in [0.2, 0.25) is 0 Å². The van der Waals surface area contributed by atoms with Crippen molar-refractivity contribution < 1.29 is 9.84 Å². The van der Waals surface area contributed by atoms with E-state index in [1.165, 1.54) is 4.88 Å². The van der Waals surface area contributed by atoms with E-state index in [2.05, 4.69) is 31.3 Å². The first-order valence-corrected chi connectivity index (χ1v) is 9.02. The number of methoxy groups -OCH3 is 1. The van der Waals surface area contributed by atoms with E-state index in [1.54, 1.807) is 30.6 Å². The Kier molecular flexibility index (Phi) is 5.36. The molecule has 2 aromatic carbocycles. The standard InChI is InChI=1S/C20H22N2O2S/c1-13(21-12-15-9-10-18(24-3)17(23)11-15)19-14(2)22-20(25-19)16-7-5-4-6-8-16/h4-11,13,21,23H,12H2,1-3H3. The summed E-state index contributed by atoms with van der Waals surface area (Å²) in [5.41, 5.74) is 3.21. The molecule has 3 rings (SSSR count). The van der Waals surface area contributed by atoms with Crippen LogP contribution in [0.15, 0.2) is 48.5 Å². The molecule has 130 valence electrons. The quantitative estimate of drug-likeness (QED) is 0.675. The molecule has 0 fully saturated rings. The van der Waals surface area contributed by atoms with Gasteiger partial charge in [-0.1, -0.05) is 36.4 Å². The Hall–Kier alpha value is -2.37. The van der Waals surface area contributed by atoms with Gasteiger partial charge in [-0.05, 0) is 31.5 Å². The third kappa shape index (κ3) is 4.00. The largest absolute Gasteiger partial charge is 0.504 e. The number of aromatic hydroxyl groups is 1. The maximum absolute atomic E-state index is 9.89. The van der Waals surface area contributed by atoms with E-state index in [1.807, 2.05) is 24.3 Å². The predicted molar refractivity (Wildman–Crippen MR) is 102 cm³/mol. The summed E-state index contributed by atoms with van der Waals surface area (Å²) in [4.78, 5) is 5.95. The molecule has 25 heavy (non-hydrogen) atoms. The predicted octanol–water partition coefficient (Wildman–Crippen LogP) is 4.68. The fourth-order valence-electron chi connectivity index (χ4n) is 2.72. The highest BCUT2D eigenvalue weighted by molar-refractivity contribution is 7.15. The number of aryl methyl sites for hydroxylation is 1. The van der Waals surface area contributed by atoms with Gasteiger partial charge >= 0.3 is 0 Å². The fourth-order valence-corrected chi connectivity index (χ4v) is 3.82. The van der Waals surface area contributed by atoms with Gasteiger partial charge in [0.15, 0.2) is 11.5 Å². The number of hydrogen-bond donors (Lipinski definition) is 2. The first-order chi connectivity index (χ1) is 12.1. The zero-order chi connectivity index (χ0) is 17.8. The van der Waals surface area contributed by atoms with E-state index < -0.39 is 0 Å². The van der Waals surface area contributed by atoms with Gasteiger partial charge in [0, 0.05) is 23.0 Å². The normalized spacial score (nSPS) is 12.1. The van der Waals surface area contributed by atoms with Crippen LogP contribution in [0.25, 0.3) is 10.6 Å². The fraction of sp³-hybridized carbons (Fsp3) is 0.250. The Balaban J connectivity index is 1.70. The van der Waals surface area contributed by atoms with Crippen molar-refractivity contribution >= 4 is 11.3 Å². The Bertz CT molecular complexity index is 846. The van der Waals surface area contributed by atoms with Gasteiger partial charge in [0.05, 0.1) is 12.8 Å². The molecule has 0 radical (unpaired) electrons. The van der Waals surface area contributed by atoms with Crippen LogP contribution < -0.4 is 10.1 Å². The molecule has 0 saturated heterocycles. The van der Waals surface area contributed by atoms with Crippen LogP contribution in [0.4, 0.5) is 0 Å². The average Bonchev–Trinajstić information content (AvgIpc) is 3.02. The molecule has 4 nitrogen and oxygen atoms in total. The van der Waals surface area contributed by atoms with Gasteiger partial charge in [0.1, 0.15) is 5.01 Å². The average molecular weight is 354 g/mol. The number of benzene rings is 2. The van der Waals surface area contributed by atoms with Crippen molar-refractivity contribution in [2.24, 2.45) is 0 Å².